The third-order valence-electron chi connectivity index (χ3n) is 15.8. The molecule has 0 heterocycles. The summed E-state index contributed by atoms with van der Waals surface area (Å²) in [6, 6.07) is -0.625. The molecular formula is C72H133NO5. The average molecular weight is 1090 g/mol. The molecule has 6 nitrogen and oxygen atoms in total. The van der Waals surface area contributed by atoms with Gasteiger partial charge in [0.1, 0.15) is 0 Å². The molecule has 78 heavy (non-hydrogen) atoms. The highest BCUT2D eigenvalue weighted by molar-refractivity contribution is 5.76. The maximum absolute atomic E-state index is 12.4. The van der Waals surface area contributed by atoms with E-state index in [-0.39, 0.29) is 18.5 Å². The van der Waals surface area contributed by atoms with Crippen molar-refractivity contribution in [2.75, 3.05) is 13.2 Å². The molecule has 0 aliphatic carbocycles. The lowest BCUT2D eigenvalue weighted by molar-refractivity contribution is -0.143. The Kier molecular flexibility index (Phi) is 65.0. The number of aliphatic hydroxyl groups excluding tert-OH is 2. The van der Waals surface area contributed by atoms with Crippen LogP contribution in [0.1, 0.15) is 361 Å². The third kappa shape index (κ3) is 62.8. The lowest BCUT2D eigenvalue weighted by atomic mass is 10.0. The van der Waals surface area contributed by atoms with Crippen LogP contribution in [-0.4, -0.2) is 47.4 Å². The molecule has 0 aromatic heterocycles. The van der Waals surface area contributed by atoms with Gasteiger partial charge in [0.15, 0.2) is 0 Å². The van der Waals surface area contributed by atoms with Crippen LogP contribution in [0.15, 0.2) is 60.8 Å². The number of unbranched alkanes of at least 4 members (excludes halogenated alkanes) is 45. The van der Waals surface area contributed by atoms with Gasteiger partial charge in [-0.15, -0.1) is 0 Å². The molecule has 6 heteroatoms. The van der Waals surface area contributed by atoms with Gasteiger partial charge < -0.3 is 20.3 Å². The zero-order chi connectivity index (χ0) is 56.4. The molecule has 1 amide bonds. The van der Waals surface area contributed by atoms with Crippen LogP contribution in [0.5, 0.6) is 0 Å². The Bertz CT molecular complexity index is 1350. The third-order valence-corrected chi connectivity index (χ3v) is 15.8. The quantitative estimate of drug-likeness (QED) is 0.0320. The van der Waals surface area contributed by atoms with Gasteiger partial charge in [-0.3, -0.25) is 9.59 Å². The highest BCUT2D eigenvalue weighted by Crippen LogP contribution is 2.17. The van der Waals surface area contributed by atoms with E-state index in [0.29, 0.717) is 19.4 Å². The molecule has 0 rings (SSSR count). The number of ether oxygens (including phenoxy) is 1. The standard InChI is InChI=1S/C72H133NO5/c1-3-5-7-9-11-13-15-16-17-18-37-40-43-46-50-54-58-62-66-72(77)78-67-63-59-55-51-47-44-41-38-35-33-31-29-27-25-23-21-19-20-22-24-26-28-30-32-34-36-39-42-45-49-53-57-61-65-71(76)73-69(68-74)70(75)64-60-56-52-48-14-12-10-8-6-4-2/h13,15,17-18,23,25,29,31,60,64,69-70,74-75H,3-12,14,16,19-22,24,26-28,30,32-59,61-63,65-68H2,1-2H3,(H,73,76)/b15-13-,18-17-,25-23-,31-29-,64-60+. The second-order valence-electron chi connectivity index (χ2n) is 23.5. The zero-order valence-corrected chi connectivity index (χ0v) is 52.1. The number of esters is 1. The molecule has 3 N–H and O–H groups in total. The summed E-state index contributed by atoms with van der Waals surface area (Å²) in [7, 11) is 0. The highest BCUT2D eigenvalue weighted by Gasteiger charge is 2.18. The second kappa shape index (κ2) is 67.1. The van der Waals surface area contributed by atoms with Crippen LogP contribution in [-0.2, 0) is 14.3 Å². The van der Waals surface area contributed by atoms with Gasteiger partial charge in [0.2, 0.25) is 5.91 Å². The smallest absolute Gasteiger partial charge is 0.305 e. The number of nitrogens with one attached hydrogen (secondary N) is 1. The maximum Gasteiger partial charge on any atom is 0.305 e. The van der Waals surface area contributed by atoms with Crippen molar-refractivity contribution in [3.05, 3.63) is 60.8 Å². The Hall–Kier alpha value is -2.44. The predicted octanol–water partition coefficient (Wildman–Crippen LogP) is 22.3. The molecule has 0 bridgehead atoms. The molecule has 0 aromatic carbocycles. The van der Waals surface area contributed by atoms with E-state index in [1.165, 1.54) is 276 Å². The number of hydrogen-bond donors (Lipinski definition) is 3. The van der Waals surface area contributed by atoms with Crippen LogP contribution < -0.4 is 5.32 Å². The van der Waals surface area contributed by atoms with Crippen LogP contribution in [0.25, 0.3) is 0 Å². The van der Waals surface area contributed by atoms with Gasteiger partial charge >= 0.3 is 5.97 Å². The minimum absolute atomic E-state index is 0.00627. The van der Waals surface area contributed by atoms with Crippen molar-refractivity contribution < 1.29 is 24.5 Å². The minimum atomic E-state index is -0.842. The normalized spacial score (nSPS) is 12.9. The van der Waals surface area contributed by atoms with E-state index < -0.39 is 12.1 Å². The van der Waals surface area contributed by atoms with Crippen molar-refractivity contribution in [1.82, 2.24) is 5.32 Å². The number of amides is 1. The molecular weight excluding hydrogens is 959 g/mol. The summed E-state index contributed by atoms with van der Waals surface area (Å²) < 4.78 is 5.50. The summed E-state index contributed by atoms with van der Waals surface area (Å²) in [6.45, 7) is 4.87. The summed E-state index contributed by atoms with van der Waals surface area (Å²) in [5.41, 5.74) is 0. The van der Waals surface area contributed by atoms with Crippen molar-refractivity contribution in [3.63, 3.8) is 0 Å². The van der Waals surface area contributed by atoms with E-state index in [1.807, 2.05) is 6.08 Å². The lowest BCUT2D eigenvalue weighted by Gasteiger charge is -2.20. The highest BCUT2D eigenvalue weighted by atomic mass is 16.5. The van der Waals surface area contributed by atoms with Gasteiger partial charge in [0.25, 0.3) is 0 Å². The first kappa shape index (κ1) is 75.6. The summed E-state index contributed by atoms with van der Waals surface area (Å²) in [4.78, 5) is 24.5. The van der Waals surface area contributed by atoms with Crippen LogP contribution in [0.4, 0.5) is 0 Å². The molecule has 0 fully saturated rings. The van der Waals surface area contributed by atoms with Crippen molar-refractivity contribution in [1.29, 1.82) is 0 Å². The molecule has 0 aliphatic rings. The van der Waals surface area contributed by atoms with Gasteiger partial charge in [0, 0.05) is 12.8 Å². The number of allylic oxidation sites excluding steroid dienone is 9. The Labute approximate surface area is 486 Å². The van der Waals surface area contributed by atoms with Gasteiger partial charge in [-0.25, -0.2) is 0 Å². The van der Waals surface area contributed by atoms with E-state index in [1.54, 1.807) is 6.08 Å². The molecule has 0 aliphatic heterocycles. The van der Waals surface area contributed by atoms with Gasteiger partial charge in [-0.05, 0) is 96.3 Å². The van der Waals surface area contributed by atoms with Crippen molar-refractivity contribution in [2.24, 2.45) is 0 Å². The van der Waals surface area contributed by atoms with E-state index >= 15 is 0 Å². The molecule has 2 unspecified atom stereocenters. The van der Waals surface area contributed by atoms with Crippen LogP contribution in [0, 0.1) is 0 Å². The van der Waals surface area contributed by atoms with Crippen molar-refractivity contribution in [2.45, 2.75) is 373 Å². The van der Waals surface area contributed by atoms with Gasteiger partial charge in [-0.2, -0.15) is 0 Å². The van der Waals surface area contributed by atoms with Gasteiger partial charge in [0.05, 0.1) is 25.4 Å². The lowest BCUT2D eigenvalue weighted by Crippen LogP contribution is -2.45. The molecule has 456 valence electrons. The molecule has 0 radical (unpaired) electrons. The number of rotatable bonds is 64. The number of hydrogen-bond acceptors (Lipinski definition) is 5. The average Bonchev–Trinajstić information content (AvgIpc) is 3.44. The maximum atomic E-state index is 12.4. The molecule has 0 saturated carbocycles. The number of carbonyl (C=O) groups is 2. The van der Waals surface area contributed by atoms with E-state index in [9.17, 15) is 19.8 Å². The van der Waals surface area contributed by atoms with Gasteiger partial charge in [-0.1, -0.05) is 312 Å². The van der Waals surface area contributed by atoms with Crippen LogP contribution in [0.3, 0.4) is 0 Å². The topological polar surface area (TPSA) is 95.9 Å². The number of aliphatic hydroxyl groups is 2. The first-order valence-corrected chi connectivity index (χ1v) is 34.6. The summed E-state index contributed by atoms with van der Waals surface area (Å²) in [5, 5.41) is 23.0. The molecule has 0 aromatic rings. The monoisotopic (exact) mass is 1090 g/mol. The Morgan fingerprint density at radius 2 is 0.641 bits per heavy atom. The molecule has 0 spiro atoms. The fraction of sp³-hybridized carbons (Fsp3) is 0.833. The largest absolute Gasteiger partial charge is 0.466 e. The number of carbonyl (C=O) groups excluding carboxylic acids is 2. The van der Waals surface area contributed by atoms with Crippen molar-refractivity contribution >= 4 is 11.9 Å². The van der Waals surface area contributed by atoms with Crippen LogP contribution in [0.2, 0.25) is 0 Å². The van der Waals surface area contributed by atoms with Crippen molar-refractivity contribution in [3.8, 4) is 0 Å². The van der Waals surface area contributed by atoms with E-state index in [0.717, 1.165) is 57.8 Å². The zero-order valence-electron chi connectivity index (χ0n) is 52.1. The Morgan fingerprint density at radius 3 is 0.987 bits per heavy atom. The fourth-order valence-corrected chi connectivity index (χ4v) is 10.5. The summed E-state index contributed by atoms with van der Waals surface area (Å²) in [5.74, 6) is -0.0614. The van der Waals surface area contributed by atoms with E-state index in [4.69, 9.17) is 4.74 Å². The van der Waals surface area contributed by atoms with E-state index in [2.05, 4.69) is 67.8 Å². The van der Waals surface area contributed by atoms with Crippen LogP contribution >= 0.6 is 0 Å². The SMILES string of the molecule is CCCCCC/C=C\C/C=C\CCCCCCCCCC(=O)OCCCCCCCCCCC/C=C\C/C=C\CCCCCCCCCCCCCCCCCCCC(=O)NC(CO)C(O)/C=C/CCCCCCCCCC. The molecule has 0 saturated heterocycles. The first-order valence-electron chi connectivity index (χ1n) is 34.6. The fourth-order valence-electron chi connectivity index (χ4n) is 10.5. The summed E-state index contributed by atoms with van der Waals surface area (Å²) >= 11 is 0. The Balaban J connectivity index is 3.37. The second-order valence-corrected chi connectivity index (χ2v) is 23.5. The molecule has 2 atom stereocenters. The minimum Gasteiger partial charge on any atom is -0.466 e. The summed E-state index contributed by atoms with van der Waals surface area (Å²) in [6.07, 6.45) is 88.8. The predicted molar refractivity (Wildman–Crippen MR) is 342 cm³/mol. The first-order chi connectivity index (χ1) is 38.5. The Morgan fingerprint density at radius 1 is 0.359 bits per heavy atom.